The van der Waals surface area contributed by atoms with Crippen molar-refractivity contribution in [3.05, 3.63) is 70.7 Å². The minimum Gasteiger partial charge on any atom is -0.370 e. The number of hydrogen-bond donors (Lipinski definition) is 2. The molecule has 4 N–H and O–H groups in total. The Hall–Kier alpha value is -3.43. The number of rotatable bonds is 2. The van der Waals surface area contributed by atoms with Gasteiger partial charge in [-0.3, -0.25) is 9.78 Å². The van der Waals surface area contributed by atoms with Gasteiger partial charge in [0.2, 0.25) is 0 Å². The highest BCUT2D eigenvalue weighted by Gasteiger charge is 2.13. The monoisotopic (exact) mass is 349 g/mol. The summed E-state index contributed by atoms with van der Waals surface area (Å²) in [6.07, 6.45) is 1.65. The molecular weight excluding hydrogens is 338 g/mol. The Morgan fingerprint density at radius 2 is 1.96 bits per heavy atom. The third kappa shape index (κ3) is 3.27. The summed E-state index contributed by atoms with van der Waals surface area (Å²) < 4.78 is 0. The number of amides is 1. The van der Waals surface area contributed by atoms with E-state index < -0.39 is 5.91 Å². The first-order valence-corrected chi connectivity index (χ1v) is 7.57. The normalized spacial score (nSPS) is 10.2. The van der Waals surface area contributed by atoms with E-state index in [1.807, 2.05) is 6.07 Å². The van der Waals surface area contributed by atoms with E-state index in [0.29, 0.717) is 32.9 Å². The fourth-order valence-corrected chi connectivity index (χ4v) is 2.66. The molecule has 0 saturated carbocycles. The number of pyridine rings is 1. The number of aliphatic imine (C=N–C) groups is 1. The van der Waals surface area contributed by atoms with Gasteiger partial charge in [-0.05, 0) is 35.7 Å². The first-order chi connectivity index (χ1) is 12.0. The number of carbonyl (C=O) groups is 1. The van der Waals surface area contributed by atoms with Crippen LogP contribution in [0.5, 0.6) is 0 Å². The van der Waals surface area contributed by atoms with Gasteiger partial charge in [0.1, 0.15) is 0 Å². The summed E-state index contributed by atoms with van der Waals surface area (Å²) >= 11 is 5.97. The van der Waals surface area contributed by atoms with Gasteiger partial charge in [0.05, 0.1) is 12.3 Å². The van der Waals surface area contributed by atoms with Gasteiger partial charge in [0.15, 0.2) is 11.6 Å². The van der Waals surface area contributed by atoms with E-state index in [1.54, 1.807) is 42.6 Å². The van der Waals surface area contributed by atoms with Gasteiger partial charge in [-0.2, -0.15) is 4.99 Å². The molecule has 25 heavy (non-hydrogen) atoms. The van der Waals surface area contributed by atoms with Gasteiger partial charge >= 0.3 is 0 Å². The van der Waals surface area contributed by atoms with Crippen molar-refractivity contribution in [3.8, 4) is 11.3 Å². The lowest BCUT2D eigenvalue weighted by Crippen LogP contribution is -2.24. The first kappa shape index (κ1) is 16.4. The van der Waals surface area contributed by atoms with Crippen LogP contribution >= 0.6 is 11.6 Å². The highest BCUT2D eigenvalue weighted by molar-refractivity contribution is 6.31. The van der Waals surface area contributed by atoms with Crippen LogP contribution in [0.2, 0.25) is 5.02 Å². The molecule has 1 aromatic heterocycles. The number of guanidine groups is 1. The molecule has 6 nitrogen and oxygen atoms in total. The van der Waals surface area contributed by atoms with Crippen molar-refractivity contribution < 1.29 is 4.79 Å². The van der Waals surface area contributed by atoms with Crippen LogP contribution < -0.4 is 11.5 Å². The van der Waals surface area contributed by atoms with Gasteiger partial charge in [-0.25, -0.2) is 4.85 Å². The van der Waals surface area contributed by atoms with E-state index in [-0.39, 0.29) is 5.96 Å². The molecule has 0 spiro atoms. The van der Waals surface area contributed by atoms with Gasteiger partial charge in [-0.1, -0.05) is 23.7 Å². The lowest BCUT2D eigenvalue weighted by molar-refractivity contribution is 0.100. The molecule has 1 amide bonds. The van der Waals surface area contributed by atoms with Crippen molar-refractivity contribution in [1.29, 1.82) is 0 Å². The summed E-state index contributed by atoms with van der Waals surface area (Å²) in [5.74, 6) is -0.845. The lowest BCUT2D eigenvalue weighted by Gasteiger charge is -2.09. The molecule has 3 aromatic rings. The molecule has 0 unspecified atom stereocenters. The number of benzene rings is 2. The van der Waals surface area contributed by atoms with Crippen molar-refractivity contribution in [2.45, 2.75) is 0 Å². The lowest BCUT2D eigenvalue weighted by atomic mass is 10.0. The van der Waals surface area contributed by atoms with Gasteiger partial charge in [0.25, 0.3) is 5.91 Å². The van der Waals surface area contributed by atoms with E-state index >= 15 is 0 Å². The van der Waals surface area contributed by atoms with Crippen molar-refractivity contribution >= 4 is 39.9 Å². The van der Waals surface area contributed by atoms with Crippen LogP contribution in [0, 0.1) is 6.57 Å². The molecule has 0 radical (unpaired) electrons. The van der Waals surface area contributed by atoms with E-state index in [1.165, 1.54) is 0 Å². The Bertz CT molecular complexity index is 1060. The number of fused-ring (bicyclic) bond motifs is 1. The van der Waals surface area contributed by atoms with E-state index in [2.05, 4.69) is 14.8 Å². The topological polar surface area (TPSA) is 98.7 Å². The second-order valence-corrected chi connectivity index (χ2v) is 5.65. The fraction of sp³-hybridized carbons (Fsp3) is 0. The van der Waals surface area contributed by atoms with E-state index in [9.17, 15) is 4.79 Å². The number of nitrogens with two attached hydrogens (primary N) is 2. The molecule has 0 atom stereocenters. The quantitative estimate of drug-likeness (QED) is 0.420. The largest absolute Gasteiger partial charge is 0.370 e. The summed E-state index contributed by atoms with van der Waals surface area (Å²) in [6.45, 7) is 7.36. The van der Waals surface area contributed by atoms with Gasteiger partial charge < -0.3 is 11.5 Å². The number of hydrogen-bond acceptors (Lipinski definition) is 2. The molecule has 0 aliphatic carbocycles. The van der Waals surface area contributed by atoms with Crippen LogP contribution in [-0.2, 0) is 0 Å². The Kier molecular flexibility index (Phi) is 4.33. The molecule has 0 fully saturated rings. The first-order valence-electron chi connectivity index (χ1n) is 7.19. The number of aromatic nitrogens is 1. The molecule has 0 bridgehead atoms. The van der Waals surface area contributed by atoms with Crippen molar-refractivity contribution in [1.82, 2.24) is 4.98 Å². The molecule has 1 heterocycles. The Balaban J connectivity index is 2.25. The Morgan fingerprint density at radius 1 is 1.16 bits per heavy atom. The molecular formula is C18H12ClN5O. The zero-order valence-corrected chi connectivity index (χ0v) is 13.7. The predicted octanol–water partition coefficient (Wildman–Crippen LogP) is 3.52. The average Bonchev–Trinajstić information content (AvgIpc) is 2.60. The SMILES string of the molecule is [C-]#[N+]c1cc(Cl)ccc1-c1nccc2ccc(C(=O)N=C(N)N)cc12. The summed E-state index contributed by atoms with van der Waals surface area (Å²) in [4.78, 5) is 23.5. The fourth-order valence-electron chi connectivity index (χ4n) is 2.50. The van der Waals surface area contributed by atoms with Crippen LogP contribution in [0.15, 0.2) is 53.7 Å². The zero-order chi connectivity index (χ0) is 18.0. The molecule has 0 saturated heterocycles. The zero-order valence-electron chi connectivity index (χ0n) is 12.9. The molecule has 3 rings (SSSR count). The Labute approximate surface area is 148 Å². The predicted molar refractivity (Wildman–Crippen MR) is 98.6 cm³/mol. The molecule has 0 aliphatic heterocycles. The highest BCUT2D eigenvalue weighted by Crippen LogP contribution is 2.35. The van der Waals surface area contributed by atoms with Crippen LogP contribution in [0.25, 0.3) is 26.9 Å². The maximum absolute atomic E-state index is 12.1. The minimum absolute atomic E-state index is 0.301. The smallest absolute Gasteiger partial charge is 0.280 e. The number of carbonyl (C=O) groups excluding carboxylic acids is 1. The number of halogens is 1. The summed E-state index contributed by atoms with van der Waals surface area (Å²) in [6, 6.07) is 11.9. The van der Waals surface area contributed by atoms with Gasteiger partial charge in [-0.15, -0.1) is 0 Å². The number of nitrogens with zero attached hydrogens (tertiary/aromatic N) is 3. The minimum atomic E-state index is -0.543. The van der Waals surface area contributed by atoms with Crippen LogP contribution in [0.4, 0.5) is 5.69 Å². The molecule has 7 heteroatoms. The summed E-state index contributed by atoms with van der Waals surface area (Å²) in [7, 11) is 0. The summed E-state index contributed by atoms with van der Waals surface area (Å²) in [5, 5.41) is 2.06. The van der Waals surface area contributed by atoms with Crippen molar-refractivity contribution in [3.63, 3.8) is 0 Å². The van der Waals surface area contributed by atoms with Crippen molar-refractivity contribution in [2.24, 2.45) is 16.5 Å². The van der Waals surface area contributed by atoms with Crippen molar-refractivity contribution in [2.75, 3.05) is 0 Å². The second kappa shape index (κ2) is 6.59. The average molecular weight is 350 g/mol. The maximum Gasteiger partial charge on any atom is 0.280 e. The molecule has 2 aromatic carbocycles. The second-order valence-electron chi connectivity index (χ2n) is 5.21. The summed E-state index contributed by atoms with van der Waals surface area (Å²) in [5.41, 5.74) is 12.5. The third-order valence-corrected chi connectivity index (χ3v) is 3.81. The van der Waals surface area contributed by atoms with Crippen LogP contribution in [0.1, 0.15) is 10.4 Å². The standard InChI is InChI=1S/C18H12ClN5O/c1-22-15-9-12(19)4-5-13(15)16-14-8-11(17(25)24-18(20)21)3-2-10(14)6-7-23-16/h2-9H,(H4,20,21,24,25). The van der Waals surface area contributed by atoms with E-state index in [0.717, 1.165) is 5.39 Å². The molecule has 122 valence electrons. The highest BCUT2D eigenvalue weighted by atomic mass is 35.5. The van der Waals surface area contributed by atoms with Gasteiger partial charge in [0, 0.05) is 27.7 Å². The Morgan fingerprint density at radius 3 is 2.68 bits per heavy atom. The third-order valence-electron chi connectivity index (χ3n) is 3.58. The maximum atomic E-state index is 12.1. The van der Waals surface area contributed by atoms with E-state index in [4.69, 9.17) is 29.6 Å². The molecule has 0 aliphatic rings. The van der Waals surface area contributed by atoms with Crippen LogP contribution in [-0.4, -0.2) is 16.9 Å². The van der Waals surface area contributed by atoms with Crippen LogP contribution in [0.3, 0.4) is 0 Å².